The van der Waals surface area contributed by atoms with E-state index in [0.29, 0.717) is 0 Å². The lowest BCUT2D eigenvalue weighted by Crippen LogP contribution is -2.67. The predicted molar refractivity (Wildman–Crippen MR) is 48.9 cm³/mol. The van der Waals surface area contributed by atoms with E-state index in [0.717, 1.165) is 9.47 Å². The average molecular weight is 520 g/mol. The molecule has 2 nitrogen and oxygen atoms in total. The van der Waals surface area contributed by atoms with Gasteiger partial charge in [-0.1, -0.05) is 0 Å². The van der Waals surface area contributed by atoms with Gasteiger partial charge in [0.2, 0.25) is 0 Å². The highest BCUT2D eigenvalue weighted by Gasteiger charge is 2.86. The molecule has 0 rings (SSSR count). The average Bonchev–Trinajstić information content (AvgIpc) is 2.41. The van der Waals surface area contributed by atoms with Gasteiger partial charge in [0.1, 0.15) is 0 Å². The van der Waals surface area contributed by atoms with Gasteiger partial charge in [-0.25, -0.2) is 4.74 Å². The van der Waals surface area contributed by atoms with E-state index < -0.39 is 54.6 Å². The van der Waals surface area contributed by atoms with Crippen LogP contribution in [-0.4, -0.2) is 54.6 Å². The monoisotopic (exact) mass is 520 g/mol. The fourth-order valence-electron chi connectivity index (χ4n) is 1.14. The van der Waals surface area contributed by atoms with E-state index in [4.69, 9.17) is 0 Å². The number of hydrogen-bond donors (Lipinski definition) is 0. The minimum Gasteiger partial charge on any atom is -0.262 e. The van der Waals surface area contributed by atoms with E-state index in [1.807, 2.05) is 0 Å². The Bertz CT molecular complexity index is 639. The van der Waals surface area contributed by atoms with Gasteiger partial charge in [0.05, 0.1) is 0 Å². The number of rotatable bonds is 7. The van der Waals surface area contributed by atoms with Crippen LogP contribution in [0.15, 0.2) is 0 Å². The molecule has 0 saturated heterocycles. The maximum absolute atomic E-state index is 13.4. The molecule has 0 bridgehead atoms. The van der Waals surface area contributed by atoms with Gasteiger partial charge in [0.25, 0.3) is 0 Å². The summed E-state index contributed by atoms with van der Waals surface area (Å²) in [5.74, 6) is -24.2. The molecule has 0 aromatic carbocycles. The van der Waals surface area contributed by atoms with Gasteiger partial charge in [-0.15, -0.1) is 0 Å². The molecule has 0 aromatic heterocycles. The minimum atomic E-state index is -8.27. The second-order valence-electron chi connectivity index (χ2n) is 4.99. The Morgan fingerprint density at radius 3 is 0.774 bits per heavy atom. The molecular weight excluding hydrogens is 520 g/mol. The molecule has 0 spiro atoms. The SMILES string of the molecule is FC(F)(F)C(F)(F)C(F)(F)OC(F)(F)C(F)(OC(F)(F)C(F)(F)C(F)(F)F)C(F)(F)F. The Kier molecular flexibility index (Phi) is 6.92. The fraction of sp³-hybridized carbons (Fsp3) is 1.00. The topological polar surface area (TPSA) is 18.5 Å². The van der Waals surface area contributed by atoms with Gasteiger partial charge in [-0.2, -0.15) is 87.8 Å². The van der Waals surface area contributed by atoms with Crippen molar-refractivity contribution < 1.29 is 97.3 Å². The van der Waals surface area contributed by atoms with Crippen LogP contribution in [0.4, 0.5) is 87.8 Å². The first-order chi connectivity index (χ1) is 12.9. The first-order valence-corrected chi connectivity index (χ1v) is 6.10. The molecule has 188 valence electrons. The van der Waals surface area contributed by atoms with Crippen molar-refractivity contribution in [2.45, 2.75) is 54.6 Å². The second-order valence-corrected chi connectivity index (χ2v) is 4.99. The Hall–Kier alpha value is -1.48. The number of halogens is 20. The van der Waals surface area contributed by atoms with Gasteiger partial charge < -0.3 is 0 Å². The normalized spacial score (nSPS) is 18.2. The standard InChI is InChI=1S/C9F20O2/c10-1(11,4(15,16)17)7(24,25)30-3(14,6(21,22)23)9(28,29)31-8(26,27)2(12,13)5(18,19)20. The molecule has 0 aliphatic rings. The molecule has 0 saturated carbocycles. The molecular formula is C9F20O2. The maximum Gasteiger partial charge on any atom is 0.462 e. The zero-order valence-corrected chi connectivity index (χ0v) is 12.9. The highest BCUT2D eigenvalue weighted by Crippen LogP contribution is 2.57. The lowest BCUT2D eigenvalue weighted by molar-refractivity contribution is -0.564. The van der Waals surface area contributed by atoms with Crippen molar-refractivity contribution in [1.29, 1.82) is 0 Å². The van der Waals surface area contributed by atoms with Crippen LogP contribution in [0.1, 0.15) is 0 Å². The molecule has 0 radical (unpaired) electrons. The van der Waals surface area contributed by atoms with E-state index in [1.165, 1.54) is 0 Å². The molecule has 0 amide bonds. The van der Waals surface area contributed by atoms with Gasteiger partial charge in [-0.3, -0.25) is 4.74 Å². The Balaban J connectivity index is 6.55. The van der Waals surface area contributed by atoms with Gasteiger partial charge >= 0.3 is 54.6 Å². The lowest BCUT2D eigenvalue weighted by Gasteiger charge is -2.39. The van der Waals surface area contributed by atoms with Gasteiger partial charge in [0.15, 0.2) is 0 Å². The summed E-state index contributed by atoms with van der Waals surface area (Å²) in [4.78, 5) is 0. The Morgan fingerprint density at radius 2 is 0.548 bits per heavy atom. The molecule has 0 aliphatic heterocycles. The summed E-state index contributed by atoms with van der Waals surface area (Å²) in [6.45, 7) is 0. The van der Waals surface area contributed by atoms with Crippen LogP contribution < -0.4 is 0 Å². The van der Waals surface area contributed by atoms with E-state index in [1.54, 1.807) is 0 Å². The Morgan fingerprint density at radius 1 is 0.290 bits per heavy atom. The van der Waals surface area contributed by atoms with Crippen molar-refractivity contribution in [3.8, 4) is 0 Å². The minimum absolute atomic E-state index is 1.04. The highest BCUT2D eigenvalue weighted by atomic mass is 19.4. The second kappa shape index (κ2) is 7.27. The third-order valence-electron chi connectivity index (χ3n) is 2.71. The van der Waals surface area contributed by atoms with E-state index in [2.05, 4.69) is 0 Å². The lowest BCUT2D eigenvalue weighted by atomic mass is 10.2. The van der Waals surface area contributed by atoms with Gasteiger partial charge in [0, 0.05) is 0 Å². The maximum atomic E-state index is 13.4. The van der Waals surface area contributed by atoms with Crippen LogP contribution in [-0.2, 0) is 9.47 Å². The van der Waals surface area contributed by atoms with E-state index in [9.17, 15) is 87.8 Å². The molecule has 0 aliphatic carbocycles. The van der Waals surface area contributed by atoms with E-state index in [-0.39, 0.29) is 0 Å². The summed E-state index contributed by atoms with van der Waals surface area (Å²) < 4.78 is 250. The Labute approximate surface area is 153 Å². The largest absolute Gasteiger partial charge is 0.462 e. The summed E-state index contributed by atoms with van der Waals surface area (Å²) in [7, 11) is 0. The van der Waals surface area contributed by atoms with Crippen molar-refractivity contribution in [1.82, 2.24) is 0 Å². The van der Waals surface area contributed by atoms with Crippen LogP contribution in [0.3, 0.4) is 0 Å². The van der Waals surface area contributed by atoms with Crippen LogP contribution >= 0.6 is 0 Å². The highest BCUT2D eigenvalue weighted by molar-refractivity contribution is 4.95. The summed E-state index contributed by atoms with van der Waals surface area (Å²) in [5, 5.41) is 0. The third-order valence-corrected chi connectivity index (χ3v) is 2.71. The van der Waals surface area contributed by atoms with Crippen molar-refractivity contribution in [2.75, 3.05) is 0 Å². The molecule has 22 heteroatoms. The predicted octanol–water partition coefficient (Wildman–Crippen LogP) is 6.42. The van der Waals surface area contributed by atoms with Crippen molar-refractivity contribution in [3.63, 3.8) is 0 Å². The molecule has 0 fully saturated rings. The molecule has 0 aromatic rings. The molecule has 1 atom stereocenters. The van der Waals surface area contributed by atoms with Crippen molar-refractivity contribution in [3.05, 3.63) is 0 Å². The molecule has 31 heavy (non-hydrogen) atoms. The number of hydrogen-bond acceptors (Lipinski definition) is 2. The fourth-order valence-corrected chi connectivity index (χ4v) is 1.14. The van der Waals surface area contributed by atoms with E-state index >= 15 is 0 Å². The summed E-state index contributed by atoms with van der Waals surface area (Å²) in [5.41, 5.74) is 0. The quantitative estimate of drug-likeness (QED) is 0.361. The summed E-state index contributed by atoms with van der Waals surface area (Å²) in [6, 6.07) is 0. The third kappa shape index (κ3) is 4.82. The van der Waals surface area contributed by atoms with Crippen molar-refractivity contribution in [2.24, 2.45) is 0 Å². The summed E-state index contributed by atoms with van der Waals surface area (Å²) >= 11 is 0. The molecule has 1 unspecified atom stereocenters. The van der Waals surface area contributed by atoms with Crippen LogP contribution in [0.2, 0.25) is 0 Å². The molecule has 0 N–H and O–H groups in total. The first kappa shape index (κ1) is 29.5. The van der Waals surface area contributed by atoms with Crippen molar-refractivity contribution >= 4 is 0 Å². The van der Waals surface area contributed by atoms with Crippen LogP contribution in [0.5, 0.6) is 0 Å². The zero-order chi connectivity index (χ0) is 25.9. The van der Waals surface area contributed by atoms with Crippen LogP contribution in [0, 0.1) is 0 Å². The van der Waals surface area contributed by atoms with Gasteiger partial charge in [-0.05, 0) is 0 Å². The number of ether oxygens (including phenoxy) is 2. The molecule has 0 heterocycles. The summed E-state index contributed by atoms with van der Waals surface area (Å²) in [6.07, 6.45) is -47.7. The zero-order valence-electron chi connectivity index (χ0n) is 12.9. The van der Waals surface area contributed by atoms with Crippen LogP contribution in [0.25, 0.3) is 0 Å². The number of alkyl halides is 20. The first-order valence-electron chi connectivity index (χ1n) is 6.10. The smallest absolute Gasteiger partial charge is 0.262 e.